The van der Waals surface area contributed by atoms with Crippen LogP contribution in [0.5, 0.6) is 0 Å². The van der Waals surface area contributed by atoms with Gasteiger partial charge >= 0.3 is 11.4 Å². The first-order valence-corrected chi connectivity index (χ1v) is 4.27. The molecule has 0 unspecified atom stereocenters. The third-order valence-electron chi connectivity index (χ3n) is 1.95. The maximum atomic E-state index is 11.2. The first-order chi connectivity index (χ1) is 7.72. The number of H-pyrrole nitrogens is 2. The van der Waals surface area contributed by atoms with Gasteiger partial charge in [-0.25, -0.2) is 24.4 Å². The molecule has 1 heterocycles. The van der Waals surface area contributed by atoms with Crippen LogP contribution in [0.1, 0.15) is 0 Å². The maximum Gasteiger partial charge on any atom is 0.348 e. The van der Waals surface area contributed by atoms with Crippen molar-refractivity contribution >= 4 is 5.69 Å². The number of nitrogens with zero attached hydrogens (tertiary/aromatic N) is 4. The van der Waals surface area contributed by atoms with Gasteiger partial charge in [0.25, 0.3) is 0 Å². The average Bonchev–Trinajstić information content (AvgIpc) is 2.61. The Labute approximate surface area is 87.8 Å². The van der Waals surface area contributed by atoms with Crippen LogP contribution in [-0.2, 0) is 0 Å². The number of aromatic nitrogens is 3. The van der Waals surface area contributed by atoms with Crippen LogP contribution in [0, 0.1) is 0 Å². The molecule has 1 aromatic carbocycles. The summed E-state index contributed by atoms with van der Waals surface area (Å²) in [5.41, 5.74) is 7.90. The number of rotatable bonds is 2. The first kappa shape index (κ1) is 9.81. The van der Waals surface area contributed by atoms with Gasteiger partial charge < -0.3 is 0 Å². The second kappa shape index (κ2) is 3.79. The van der Waals surface area contributed by atoms with Crippen molar-refractivity contribution in [2.45, 2.75) is 0 Å². The van der Waals surface area contributed by atoms with E-state index in [1.807, 2.05) is 0 Å². The van der Waals surface area contributed by atoms with E-state index in [1.54, 1.807) is 0 Å². The standard InChI is InChI=1S/C8H6N6O2/c9-13-10-5-1-3-6(4-2-5)14-7(15)11-12-8(14)16/h1-4H,(H,11,15)(H,12,16). The van der Waals surface area contributed by atoms with Crippen molar-refractivity contribution in [1.82, 2.24) is 14.8 Å². The van der Waals surface area contributed by atoms with E-state index in [4.69, 9.17) is 5.53 Å². The van der Waals surface area contributed by atoms with E-state index in [0.29, 0.717) is 11.4 Å². The zero-order valence-electron chi connectivity index (χ0n) is 7.91. The first-order valence-electron chi connectivity index (χ1n) is 4.27. The molecule has 0 amide bonds. The molecule has 2 aromatic rings. The van der Waals surface area contributed by atoms with Crippen LogP contribution in [0.2, 0.25) is 0 Å². The highest BCUT2D eigenvalue weighted by Crippen LogP contribution is 2.13. The molecule has 0 fully saturated rings. The minimum Gasteiger partial charge on any atom is -0.247 e. The quantitative estimate of drug-likeness (QED) is 0.440. The molecule has 0 aliphatic carbocycles. The van der Waals surface area contributed by atoms with E-state index in [2.05, 4.69) is 20.2 Å². The predicted molar refractivity (Wildman–Crippen MR) is 55.8 cm³/mol. The van der Waals surface area contributed by atoms with Crippen molar-refractivity contribution < 1.29 is 0 Å². The number of hydrogen-bond acceptors (Lipinski definition) is 3. The van der Waals surface area contributed by atoms with E-state index in [-0.39, 0.29) is 0 Å². The molecule has 0 spiro atoms. The number of hydrogen-bond donors (Lipinski definition) is 2. The third kappa shape index (κ3) is 1.60. The van der Waals surface area contributed by atoms with Gasteiger partial charge in [-0.1, -0.05) is 17.2 Å². The molecule has 0 saturated carbocycles. The van der Waals surface area contributed by atoms with Crippen LogP contribution in [0.15, 0.2) is 39.0 Å². The summed E-state index contributed by atoms with van der Waals surface area (Å²) in [6, 6.07) is 6.03. The Hall–Kier alpha value is -2.73. The Bertz CT molecular complexity index is 627. The van der Waals surface area contributed by atoms with E-state index >= 15 is 0 Å². The van der Waals surface area contributed by atoms with Gasteiger partial charge in [-0.05, 0) is 17.7 Å². The summed E-state index contributed by atoms with van der Waals surface area (Å²) in [6.07, 6.45) is 0. The van der Waals surface area contributed by atoms with Gasteiger partial charge in [0.1, 0.15) is 0 Å². The smallest absolute Gasteiger partial charge is 0.247 e. The fourth-order valence-corrected chi connectivity index (χ4v) is 1.27. The van der Waals surface area contributed by atoms with Crippen LogP contribution >= 0.6 is 0 Å². The Morgan fingerprint density at radius 2 is 1.69 bits per heavy atom. The van der Waals surface area contributed by atoms with Crippen LogP contribution in [0.4, 0.5) is 5.69 Å². The van der Waals surface area contributed by atoms with Gasteiger partial charge in [-0.2, -0.15) is 0 Å². The molecule has 0 aliphatic heterocycles. The van der Waals surface area contributed by atoms with E-state index in [1.165, 1.54) is 24.3 Å². The molecule has 1 aromatic heterocycles. The Morgan fingerprint density at radius 1 is 1.12 bits per heavy atom. The van der Waals surface area contributed by atoms with Gasteiger partial charge in [0.05, 0.1) is 5.69 Å². The Balaban J connectivity index is 2.54. The second-order valence-electron chi connectivity index (χ2n) is 2.90. The van der Waals surface area contributed by atoms with Crippen molar-refractivity contribution in [3.63, 3.8) is 0 Å². The zero-order valence-corrected chi connectivity index (χ0v) is 7.91. The lowest BCUT2D eigenvalue weighted by molar-refractivity contribution is 0.952. The van der Waals surface area contributed by atoms with E-state index < -0.39 is 11.4 Å². The van der Waals surface area contributed by atoms with Crippen molar-refractivity contribution in [3.05, 3.63) is 55.7 Å². The summed E-state index contributed by atoms with van der Waals surface area (Å²) in [6.45, 7) is 0. The van der Waals surface area contributed by atoms with Gasteiger partial charge in [-0.15, -0.1) is 0 Å². The zero-order chi connectivity index (χ0) is 11.5. The summed E-state index contributed by atoms with van der Waals surface area (Å²) in [5, 5.41) is 7.70. The summed E-state index contributed by atoms with van der Waals surface area (Å²) >= 11 is 0. The highest BCUT2D eigenvalue weighted by molar-refractivity contribution is 5.44. The second-order valence-corrected chi connectivity index (χ2v) is 2.90. The number of benzene rings is 1. The minimum absolute atomic E-state index is 0.393. The third-order valence-corrected chi connectivity index (χ3v) is 1.95. The van der Waals surface area contributed by atoms with Crippen molar-refractivity contribution in [2.75, 3.05) is 0 Å². The lowest BCUT2D eigenvalue weighted by Crippen LogP contribution is -2.24. The molecule has 0 bridgehead atoms. The normalized spacial score (nSPS) is 9.75. The van der Waals surface area contributed by atoms with E-state index in [0.717, 1.165) is 4.57 Å². The molecular weight excluding hydrogens is 212 g/mol. The average molecular weight is 218 g/mol. The maximum absolute atomic E-state index is 11.2. The number of aromatic amines is 2. The predicted octanol–water partition coefficient (Wildman–Crippen LogP) is 0.796. The highest BCUT2D eigenvalue weighted by atomic mass is 16.2. The summed E-state index contributed by atoms with van der Waals surface area (Å²) < 4.78 is 0.930. The molecule has 2 N–H and O–H groups in total. The van der Waals surface area contributed by atoms with Crippen LogP contribution in [0.25, 0.3) is 16.1 Å². The minimum atomic E-state index is -0.554. The Kier molecular flexibility index (Phi) is 2.33. The van der Waals surface area contributed by atoms with Crippen LogP contribution in [0.3, 0.4) is 0 Å². The molecule has 0 radical (unpaired) electrons. The summed E-state index contributed by atoms with van der Waals surface area (Å²) in [5.74, 6) is 0. The SMILES string of the molecule is [N-]=[N+]=Nc1ccc(-n2c(=O)[nH][nH]c2=O)cc1. The number of azide groups is 1. The monoisotopic (exact) mass is 218 g/mol. The molecule has 0 saturated heterocycles. The summed E-state index contributed by atoms with van der Waals surface area (Å²) in [7, 11) is 0. The van der Waals surface area contributed by atoms with Crippen molar-refractivity contribution in [3.8, 4) is 5.69 Å². The van der Waals surface area contributed by atoms with E-state index in [9.17, 15) is 9.59 Å². The molecule has 2 rings (SSSR count). The van der Waals surface area contributed by atoms with Gasteiger partial charge in [0.15, 0.2) is 0 Å². The molecule has 8 heteroatoms. The van der Waals surface area contributed by atoms with Crippen molar-refractivity contribution in [1.29, 1.82) is 0 Å². The summed E-state index contributed by atoms with van der Waals surface area (Å²) in [4.78, 5) is 25.1. The fourth-order valence-electron chi connectivity index (χ4n) is 1.27. The lowest BCUT2D eigenvalue weighted by Gasteiger charge is -1.98. The molecule has 80 valence electrons. The number of nitrogens with one attached hydrogen (secondary N) is 2. The fraction of sp³-hybridized carbons (Fsp3) is 0. The lowest BCUT2D eigenvalue weighted by atomic mass is 10.3. The van der Waals surface area contributed by atoms with Gasteiger partial charge in [0.2, 0.25) is 0 Å². The largest absolute Gasteiger partial charge is 0.348 e. The molecule has 8 nitrogen and oxygen atoms in total. The highest BCUT2D eigenvalue weighted by Gasteiger charge is 2.04. The van der Waals surface area contributed by atoms with Crippen LogP contribution in [-0.4, -0.2) is 14.8 Å². The van der Waals surface area contributed by atoms with Gasteiger partial charge in [-0.3, -0.25) is 0 Å². The molecule has 0 atom stereocenters. The van der Waals surface area contributed by atoms with Crippen molar-refractivity contribution in [2.24, 2.45) is 5.11 Å². The molecule has 0 aliphatic rings. The van der Waals surface area contributed by atoms with Crippen LogP contribution < -0.4 is 11.4 Å². The molecule has 16 heavy (non-hydrogen) atoms. The van der Waals surface area contributed by atoms with Gasteiger partial charge in [0, 0.05) is 10.6 Å². The molecular formula is C8H6N6O2. The topological polar surface area (TPSA) is 119 Å². The Morgan fingerprint density at radius 3 is 2.19 bits per heavy atom.